The Hall–Kier alpha value is -3.68. The van der Waals surface area contributed by atoms with Crippen molar-refractivity contribution in [2.75, 3.05) is 0 Å². The van der Waals surface area contributed by atoms with E-state index in [-0.39, 0.29) is 23.9 Å². The van der Waals surface area contributed by atoms with Crippen LogP contribution in [0.1, 0.15) is 293 Å². The first kappa shape index (κ1) is 53.7. The molecule has 0 saturated heterocycles. The fourth-order valence-electron chi connectivity index (χ4n) is 14.5. The summed E-state index contributed by atoms with van der Waals surface area (Å²) >= 11 is 3.93. The highest BCUT2D eigenvalue weighted by Gasteiger charge is 2.40. The van der Waals surface area contributed by atoms with Crippen LogP contribution in [0.15, 0.2) is 36.4 Å². The minimum atomic E-state index is 0.141. The lowest BCUT2D eigenvalue weighted by Gasteiger charge is -2.33. The van der Waals surface area contributed by atoms with Crippen LogP contribution in [-0.2, 0) is 6.54 Å². The molecule has 1 atom stereocenters. The molecule has 1 unspecified atom stereocenters. The zero-order chi connectivity index (χ0) is 51.0. The van der Waals surface area contributed by atoms with E-state index in [4.69, 9.17) is 0 Å². The van der Waals surface area contributed by atoms with Crippen molar-refractivity contribution in [3.63, 3.8) is 0 Å². The second-order valence-corrected chi connectivity index (χ2v) is 26.3. The highest BCUT2D eigenvalue weighted by atomic mass is 32.1. The van der Waals surface area contributed by atoms with Gasteiger partial charge in [-0.15, -0.1) is 22.7 Å². The van der Waals surface area contributed by atoms with Gasteiger partial charge in [0.15, 0.2) is 0 Å². The van der Waals surface area contributed by atoms with Gasteiger partial charge in [-0.2, -0.15) is 0 Å². The van der Waals surface area contributed by atoms with Crippen LogP contribution < -0.4 is 10.4 Å². The normalized spacial score (nSPS) is 18.0. The number of aromatic nitrogens is 1. The lowest BCUT2D eigenvalue weighted by atomic mass is 9.90. The highest BCUT2D eigenvalue weighted by Crippen LogP contribution is 2.54. The van der Waals surface area contributed by atoms with Gasteiger partial charge in [0.05, 0.1) is 26.3 Å². The van der Waals surface area contributed by atoms with Crippen molar-refractivity contribution >= 4 is 67.0 Å². The molecule has 5 nitrogen and oxygen atoms in total. The van der Waals surface area contributed by atoms with Crippen molar-refractivity contribution in [3.05, 3.63) is 78.8 Å². The summed E-state index contributed by atoms with van der Waals surface area (Å²) in [5.74, 6) is 0.736. The quantitative estimate of drug-likeness (QED) is 0.0448. The summed E-state index contributed by atoms with van der Waals surface area (Å²) in [6, 6.07) is 15.0. The molecule has 5 aromatic rings. The Morgan fingerprint density at radius 3 is 1.59 bits per heavy atom. The summed E-state index contributed by atoms with van der Waals surface area (Å²) in [6.07, 6.45) is 45.4. The zero-order valence-electron chi connectivity index (χ0n) is 46.6. The van der Waals surface area contributed by atoms with Crippen LogP contribution >= 0.6 is 22.7 Å². The summed E-state index contributed by atoms with van der Waals surface area (Å²) < 4.78 is 4.06. The SMILES string of the molecule is CCCCCCCCCCCCCCC1c2cc3c4sc(C5=c6cc7c(cc6C(=O)N5C5CCCCC5)=C(C)N(C5CCCCC5)C7=O)cc4n(CCCCCCCCCCCCCC)c3cc2-c2sc(C)cc21. The van der Waals surface area contributed by atoms with Crippen LogP contribution in [0.5, 0.6) is 0 Å². The molecule has 5 aliphatic rings. The molecule has 0 N–H and O–H groups in total. The van der Waals surface area contributed by atoms with Gasteiger partial charge >= 0.3 is 0 Å². The maximum atomic E-state index is 15.1. The number of rotatable bonds is 29. The fraction of sp³-hybridized carbons (Fsp3) is 0.642. The van der Waals surface area contributed by atoms with Crippen LogP contribution in [0.4, 0.5) is 0 Å². The van der Waals surface area contributed by atoms with Gasteiger partial charge in [0.1, 0.15) is 0 Å². The molecule has 2 aromatic carbocycles. The van der Waals surface area contributed by atoms with E-state index in [9.17, 15) is 4.79 Å². The lowest BCUT2D eigenvalue weighted by molar-refractivity contribution is 0.0761. The van der Waals surface area contributed by atoms with Gasteiger partial charge in [-0.1, -0.05) is 200 Å². The molecule has 0 radical (unpaired) electrons. The molecule has 10 rings (SSSR count). The van der Waals surface area contributed by atoms with Gasteiger partial charge in [-0.25, -0.2) is 0 Å². The van der Waals surface area contributed by atoms with E-state index in [2.05, 4.69) is 78.5 Å². The first-order valence-electron chi connectivity index (χ1n) is 31.1. The molecular formula is C67H93N3O2S2. The molecule has 74 heavy (non-hydrogen) atoms. The summed E-state index contributed by atoms with van der Waals surface area (Å²) in [6.45, 7) is 10.1. The molecule has 2 saturated carbocycles. The number of thiophene rings is 2. The number of carbonyl (C=O) groups is 2. The Balaban J connectivity index is 0.962. The third-order valence-corrected chi connectivity index (χ3v) is 20.8. The molecule has 2 amide bonds. The van der Waals surface area contributed by atoms with E-state index in [1.165, 1.54) is 228 Å². The summed E-state index contributed by atoms with van der Waals surface area (Å²) in [5.41, 5.74) is 11.0. The van der Waals surface area contributed by atoms with E-state index in [1.54, 1.807) is 11.1 Å². The van der Waals surface area contributed by atoms with Crippen molar-refractivity contribution in [1.29, 1.82) is 0 Å². The third-order valence-electron chi connectivity index (χ3n) is 18.6. The van der Waals surface area contributed by atoms with E-state index in [1.807, 2.05) is 22.7 Å². The Morgan fingerprint density at radius 2 is 1.00 bits per heavy atom. The highest BCUT2D eigenvalue weighted by molar-refractivity contribution is 7.21. The number of nitrogens with zero attached hydrogens (tertiary/aromatic N) is 3. The number of hydrogen-bond acceptors (Lipinski definition) is 4. The Labute approximate surface area is 454 Å². The van der Waals surface area contributed by atoms with Gasteiger partial charge in [-0.05, 0) is 105 Å². The fourth-order valence-corrected chi connectivity index (χ4v) is 16.8. The molecule has 3 aliphatic carbocycles. The van der Waals surface area contributed by atoms with Crippen LogP contribution in [0, 0.1) is 6.92 Å². The number of aryl methyl sites for hydroxylation is 2. The molecule has 7 heteroatoms. The second kappa shape index (κ2) is 25.6. The Morgan fingerprint density at radius 1 is 0.486 bits per heavy atom. The van der Waals surface area contributed by atoms with E-state index >= 15 is 4.79 Å². The van der Waals surface area contributed by atoms with E-state index < -0.39 is 0 Å². The molecular weight excluding hydrogens is 943 g/mol. The first-order chi connectivity index (χ1) is 36.4. The van der Waals surface area contributed by atoms with Crippen LogP contribution in [0.2, 0.25) is 0 Å². The monoisotopic (exact) mass is 1040 g/mol. The van der Waals surface area contributed by atoms with Crippen molar-refractivity contribution in [1.82, 2.24) is 14.4 Å². The maximum absolute atomic E-state index is 15.1. The van der Waals surface area contributed by atoms with Gasteiger partial charge in [0, 0.05) is 66.9 Å². The molecule has 0 spiro atoms. The molecule has 0 bridgehead atoms. The summed E-state index contributed by atoms with van der Waals surface area (Å²) in [7, 11) is 0. The van der Waals surface area contributed by atoms with Crippen LogP contribution in [0.25, 0.3) is 43.0 Å². The topological polar surface area (TPSA) is 45.6 Å². The summed E-state index contributed by atoms with van der Waals surface area (Å²) in [5, 5.41) is 3.35. The number of carbonyl (C=O) groups excluding carboxylic acids is 2. The average molecular weight is 1040 g/mol. The Kier molecular flexibility index (Phi) is 18.6. The Bertz CT molecular complexity index is 2850. The smallest absolute Gasteiger partial charge is 0.259 e. The van der Waals surface area contributed by atoms with Crippen molar-refractivity contribution in [2.45, 2.75) is 277 Å². The van der Waals surface area contributed by atoms with Gasteiger partial charge in [0.25, 0.3) is 11.8 Å². The van der Waals surface area contributed by atoms with Crippen LogP contribution in [-0.4, -0.2) is 38.3 Å². The molecule has 3 aromatic heterocycles. The molecule has 5 heterocycles. The summed E-state index contributed by atoms with van der Waals surface area (Å²) in [4.78, 5) is 38.1. The predicted molar refractivity (Wildman–Crippen MR) is 317 cm³/mol. The van der Waals surface area contributed by atoms with Gasteiger partial charge < -0.3 is 14.4 Å². The third kappa shape index (κ3) is 11.5. The van der Waals surface area contributed by atoms with Crippen LogP contribution in [0.3, 0.4) is 0 Å². The maximum Gasteiger partial charge on any atom is 0.259 e. The minimum Gasteiger partial charge on any atom is -0.340 e. The number of fused-ring (bicyclic) bond motifs is 8. The first-order valence-corrected chi connectivity index (χ1v) is 32.8. The van der Waals surface area contributed by atoms with Crippen molar-refractivity contribution < 1.29 is 9.59 Å². The molecule has 400 valence electrons. The molecule has 2 fully saturated rings. The van der Waals surface area contributed by atoms with E-state index in [0.29, 0.717) is 5.92 Å². The van der Waals surface area contributed by atoms with Crippen molar-refractivity contribution in [2.24, 2.45) is 0 Å². The predicted octanol–water partition coefficient (Wildman–Crippen LogP) is 19.0. The number of benzene rings is 2. The van der Waals surface area contributed by atoms with Gasteiger partial charge in [-0.3, -0.25) is 9.59 Å². The minimum absolute atomic E-state index is 0.141. The number of hydrogen-bond donors (Lipinski definition) is 0. The second-order valence-electron chi connectivity index (χ2n) is 24.0. The zero-order valence-corrected chi connectivity index (χ0v) is 48.3. The van der Waals surface area contributed by atoms with Gasteiger partial charge in [0.2, 0.25) is 0 Å². The molecule has 2 aliphatic heterocycles. The van der Waals surface area contributed by atoms with E-state index in [0.717, 1.165) is 78.0 Å². The lowest BCUT2D eigenvalue weighted by Crippen LogP contribution is -2.37. The standard InChI is InChI=1S/C67H93N3O2S2/c1-5-7-9-11-13-15-17-19-21-23-25-33-39-51-53-43-59-60(45-56(53)64-55(51)41-47(3)73-64)68(40-34-26-24-22-20-18-16-14-12-10-8-6-2)61-46-62(74-65(59)61)63-54-44-57-52(48(4)69(66(57)71)49-35-29-27-30-36-49)42-58(54)67(72)70(63)50-37-31-28-32-38-50/h41-46,49-51H,5-40H2,1-4H3. The average Bonchev–Trinajstić information content (AvgIpc) is 4.27. The largest absolute Gasteiger partial charge is 0.340 e. The number of unbranched alkanes of at least 4 members (excludes halogenated alkanes) is 22. The number of amides is 2. The van der Waals surface area contributed by atoms with Crippen molar-refractivity contribution in [3.8, 4) is 10.4 Å².